The fourth-order valence-electron chi connectivity index (χ4n) is 1.56. The minimum absolute atomic E-state index is 0.0293. The molecule has 18 heavy (non-hydrogen) atoms. The van der Waals surface area contributed by atoms with E-state index in [0.717, 1.165) is 6.20 Å². The maximum Gasteiger partial charge on any atom is 0.325 e. The minimum Gasteiger partial charge on any atom is -0.396 e. The average Bonchev–Trinajstić information content (AvgIpc) is 2.28. The molecule has 7 heteroatoms. The summed E-state index contributed by atoms with van der Waals surface area (Å²) in [6, 6.07) is -0.102. The van der Waals surface area contributed by atoms with Crippen LogP contribution in [0.1, 0.15) is 30.6 Å². The molecule has 0 aliphatic rings. The number of aliphatic hydroxyl groups is 1. The lowest BCUT2D eigenvalue weighted by molar-refractivity contribution is 0.0690. The molecule has 1 rings (SSSR count). The fraction of sp³-hybridized carbons (Fsp3) is 0.545. The number of H-pyrrole nitrogens is 2. The standard InChI is InChI=1S/C11H17N3O4/c1-7(2)14(4-3-5-15)10(17)8-6-12-11(18)13-9(8)16/h6-7,15H,3-5H2,1-2H3,(H2,12,13,16,18). The first-order valence-electron chi connectivity index (χ1n) is 5.71. The highest BCUT2D eigenvalue weighted by Gasteiger charge is 2.21. The number of aromatic amines is 2. The van der Waals surface area contributed by atoms with Gasteiger partial charge in [0.15, 0.2) is 0 Å². The Balaban J connectivity index is 3.02. The maximum absolute atomic E-state index is 12.1. The van der Waals surface area contributed by atoms with Gasteiger partial charge in [0.1, 0.15) is 5.56 Å². The number of nitrogens with one attached hydrogen (secondary N) is 2. The molecule has 1 aromatic rings. The van der Waals surface area contributed by atoms with Crippen LogP contribution in [-0.4, -0.2) is 45.1 Å². The van der Waals surface area contributed by atoms with Crippen molar-refractivity contribution in [3.05, 3.63) is 32.6 Å². The van der Waals surface area contributed by atoms with Gasteiger partial charge in [-0.1, -0.05) is 0 Å². The van der Waals surface area contributed by atoms with Crippen molar-refractivity contribution in [1.82, 2.24) is 14.9 Å². The number of carbonyl (C=O) groups excluding carboxylic acids is 1. The minimum atomic E-state index is -0.710. The number of carbonyl (C=O) groups is 1. The summed E-state index contributed by atoms with van der Waals surface area (Å²) in [4.78, 5) is 40.2. The van der Waals surface area contributed by atoms with Gasteiger partial charge in [-0.15, -0.1) is 0 Å². The van der Waals surface area contributed by atoms with Gasteiger partial charge in [0, 0.05) is 25.4 Å². The van der Waals surface area contributed by atoms with Crippen molar-refractivity contribution in [2.45, 2.75) is 26.3 Å². The first kappa shape index (κ1) is 14.2. The van der Waals surface area contributed by atoms with Gasteiger partial charge >= 0.3 is 5.69 Å². The summed E-state index contributed by atoms with van der Waals surface area (Å²) in [6.07, 6.45) is 1.54. The Morgan fingerprint density at radius 3 is 2.61 bits per heavy atom. The number of nitrogens with zero attached hydrogens (tertiary/aromatic N) is 1. The summed E-state index contributed by atoms with van der Waals surface area (Å²) < 4.78 is 0. The van der Waals surface area contributed by atoms with Crippen molar-refractivity contribution in [3.63, 3.8) is 0 Å². The van der Waals surface area contributed by atoms with E-state index in [1.54, 1.807) is 0 Å². The second kappa shape index (κ2) is 6.15. The third-order valence-electron chi connectivity index (χ3n) is 2.49. The molecule has 0 aliphatic carbocycles. The zero-order chi connectivity index (χ0) is 13.7. The zero-order valence-electron chi connectivity index (χ0n) is 10.4. The van der Waals surface area contributed by atoms with Gasteiger partial charge in [0.2, 0.25) is 0 Å². The lowest BCUT2D eigenvalue weighted by Gasteiger charge is -2.26. The summed E-state index contributed by atoms with van der Waals surface area (Å²) >= 11 is 0. The molecular formula is C11H17N3O4. The summed E-state index contributed by atoms with van der Waals surface area (Å²) in [5.41, 5.74) is -1.47. The zero-order valence-corrected chi connectivity index (χ0v) is 10.4. The Labute approximate surface area is 103 Å². The molecule has 0 saturated heterocycles. The Morgan fingerprint density at radius 2 is 2.11 bits per heavy atom. The third-order valence-corrected chi connectivity index (χ3v) is 2.49. The largest absolute Gasteiger partial charge is 0.396 e. The van der Waals surface area contributed by atoms with E-state index in [1.165, 1.54) is 4.90 Å². The SMILES string of the molecule is CC(C)N(CCCO)C(=O)c1c[nH]c(=O)[nH]c1=O. The van der Waals surface area contributed by atoms with Gasteiger partial charge in [0.25, 0.3) is 11.5 Å². The van der Waals surface area contributed by atoms with Crippen LogP contribution in [0.4, 0.5) is 0 Å². The molecule has 3 N–H and O–H groups in total. The van der Waals surface area contributed by atoms with E-state index in [-0.39, 0.29) is 18.2 Å². The number of aromatic nitrogens is 2. The van der Waals surface area contributed by atoms with Crippen LogP contribution in [0.3, 0.4) is 0 Å². The number of amides is 1. The van der Waals surface area contributed by atoms with Crippen molar-refractivity contribution in [1.29, 1.82) is 0 Å². The van der Waals surface area contributed by atoms with Crippen molar-refractivity contribution in [2.24, 2.45) is 0 Å². The van der Waals surface area contributed by atoms with Gasteiger partial charge in [-0.3, -0.25) is 14.6 Å². The first-order chi connectivity index (χ1) is 8.47. The molecule has 0 saturated carbocycles. The van der Waals surface area contributed by atoms with E-state index in [9.17, 15) is 14.4 Å². The molecule has 0 fully saturated rings. The van der Waals surface area contributed by atoms with Crippen LogP contribution in [0.15, 0.2) is 15.8 Å². The molecule has 0 aromatic carbocycles. The van der Waals surface area contributed by atoms with E-state index >= 15 is 0 Å². The van der Waals surface area contributed by atoms with Gasteiger partial charge in [-0.05, 0) is 20.3 Å². The lowest BCUT2D eigenvalue weighted by atomic mass is 10.2. The highest BCUT2D eigenvalue weighted by Crippen LogP contribution is 2.04. The molecule has 0 unspecified atom stereocenters. The second-order valence-electron chi connectivity index (χ2n) is 4.16. The topological polar surface area (TPSA) is 106 Å². The summed E-state index contributed by atoms with van der Waals surface area (Å²) in [5, 5.41) is 8.79. The molecule has 0 radical (unpaired) electrons. The molecule has 1 aromatic heterocycles. The number of rotatable bonds is 5. The van der Waals surface area contributed by atoms with Gasteiger partial charge in [-0.25, -0.2) is 4.79 Å². The van der Waals surface area contributed by atoms with E-state index in [1.807, 2.05) is 18.8 Å². The average molecular weight is 255 g/mol. The lowest BCUT2D eigenvalue weighted by Crippen LogP contribution is -2.41. The molecule has 0 aliphatic heterocycles. The van der Waals surface area contributed by atoms with Crippen LogP contribution in [0, 0.1) is 0 Å². The summed E-state index contributed by atoms with van der Waals surface area (Å²) in [7, 11) is 0. The normalized spacial score (nSPS) is 10.7. The number of aliphatic hydroxyl groups excluding tert-OH is 1. The fourth-order valence-corrected chi connectivity index (χ4v) is 1.56. The van der Waals surface area contributed by atoms with Crippen LogP contribution in [0.2, 0.25) is 0 Å². The molecular weight excluding hydrogens is 238 g/mol. The van der Waals surface area contributed by atoms with Crippen LogP contribution < -0.4 is 11.2 Å². The van der Waals surface area contributed by atoms with Gasteiger partial charge < -0.3 is 15.0 Å². The molecule has 7 nitrogen and oxygen atoms in total. The predicted molar refractivity (Wildman–Crippen MR) is 65.6 cm³/mol. The third kappa shape index (κ3) is 3.30. The molecule has 0 bridgehead atoms. The van der Waals surface area contributed by atoms with Crippen LogP contribution in [0.25, 0.3) is 0 Å². The molecule has 0 spiro atoms. The van der Waals surface area contributed by atoms with Crippen molar-refractivity contribution < 1.29 is 9.90 Å². The Kier molecular flexibility index (Phi) is 4.85. The van der Waals surface area contributed by atoms with Crippen LogP contribution in [-0.2, 0) is 0 Å². The quantitative estimate of drug-likeness (QED) is 0.646. The molecule has 0 atom stereocenters. The Bertz CT molecular complexity index is 518. The summed E-state index contributed by atoms with van der Waals surface area (Å²) in [5.74, 6) is -0.462. The smallest absolute Gasteiger partial charge is 0.325 e. The predicted octanol–water partition coefficient (Wildman–Crippen LogP) is -0.704. The van der Waals surface area contributed by atoms with Crippen molar-refractivity contribution in [2.75, 3.05) is 13.2 Å². The van der Waals surface area contributed by atoms with Gasteiger partial charge in [-0.2, -0.15) is 0 Å². The van der Waals surface area contributed by atoms with E-state index in [4.69, 9.17) is 5.11 Å². The van der Waals surface area contributed by atoms with E-state index in [0.29, 0.717) is 13.0 Å². The second-order valence-corrected chi connectivity index (χ2v) is 4.16. The maximum atomic E-state index is 12.1. The van der Waals surface area contributed by atoms with Crippen molar-refractivity contribution in [3.8, 4) is 0 Å². The van der Waals surface area contributed by atoms with Gasteiger partial charge in [0.05, 0.1) is 0 Å². The highest BCUT2D eigenvalue weighted by atomic mass is 16.3. The molecule has 1 heterocycles. The van der Waals surface area contributed by atoms with E-state index in [2.05, 4.69) is 4.98 Å². The molecule has 100 valence electrons. The van der Waals surface area contributed by atoms with Crippen LogP contribution in [0.5, 0.6) is 0 Å². The molecule has 1 amide bonds. The highest BCUT2D eigenvalue weighted by molar-refractivity contribution is 5.93. The van der Waals surface area contributed by atoms with Crippen molar-refractivity contribution >= 4 is 5.91 Å². The Morgan fingerprint density at radius 1 is 1.44 bits per heavy atom. The monoisotopic (exact) mass is 255 g/mol. The number of hydrogen-bond donors (Lipinski definition) is 3. The van der Waals surface area contributed by atoms with Crippen LogP contribution >= 0.6 is 0 Å². The van der Waals surface area contributed by atoms with E-state index < -0.39 is 17.2 Å². The first-order valence-corrected chi connectivity index (χ1v) is 5.71. The number of hydrogen-bond acceptors (Lipinski definition) is 4. The Hall–Kier alpha value is -1.89. The summed E-state index contributed by atoms with van der Waals surface area (Å²) in [6.45, 7) is 3.95.